The molecule has 2 fully saturated rings. The SMILES string of the molecule is C[C@@H](Nc1cc(N2CC([C@H]3CCCN(CCO)C3)C2)nn2cnnc12)c1ccc(Cl)cc1Cl. The van der Waals surface area contributed by atoms with Crippen molar-refractivity contribution in [2.45, 2.75) is 25.8 Å². The molecule has 8 nitrogen and oxygen atoms in total. The molecule has 0 unspecified atom stereocenters. The van der Waals surface area contributed by atoms with Crippen molar-refractivity contribution in [2.75, 3.05) is 49.5 Å². The number of β-amino-alcohol motifs (C(OH)–C–C–N with tert-alkyl or cyclic N) is 1. The molecular formula is C23H29Cl2N7O. The predicted octanol–water partition coefficient (Wildman–Crippen LogP) is 3.74. The monoisotopic (exact) mass is 489 g/mol. The van der Waals surface area contributed by atoms with Crippen molar-refractivity contribution in [1.82, 2.24) is 24.7 Å². The van der Waals surface area contributed by atoms with Crippen molar-refractivity contribution < 1.29 is 5.11 Å². The zero-order valence-corrected chi connectivity index (χ0v) is 20.2. The van der Waals surface area contributed by atoms with E-state index in [9.17, 15) is 5.11 Å². The molecule has 2 aliphatic rings. The summed E-state index contributed by atoms with van der Waals surface area (Å²) in [5.41, 5.74) is 2.51. The molecule has 176 valence electrons. The molecule has 2 atom stereocenters. The van der Waals surface area contributed by atoms with Crippen molar-refractivity contribution in [3.63, 3.8) is 0 Å². The number of piperidine rings is 1. The first-order valence-corrected chi connectivity index (χ1v) is 12.3. The molecule has 0 spiro atoms. The van der Waals surface area contributed by atoms with Gasteiger partial charge >= 0.3 is 0 Å². The molecule has 2 aliphatic heterocycles. The van der Waals surface area contributed by atoms with Gasteiger partial charge in [-0.05, 0) is 55.8 Å². The summed E-state index contributed by atoms with van der Waals surface area (Å²) in [5.74, 6) is 2.26. The van der Waals surface area contributed by atoms with Gasteiger partial charge in [0.1, 0.15) is 6.33 Å². The maximum atomic E-state index is 9.27. The molecule has 10 heteroatoms. The van der Waals surface area contributed by atoms with Crippen molar-refractivity contribution in [1.29, 1.82) is 0 Å². The van der Waals surface area contributed by atoms with Crippen LogP contribution in [0, 0.1) is 11.8 Å². The Labute approximate surface area is 203 Å². The van der Waals surface area contributed by atoms with E-state index >= 15 is 0 Å². The number of anilines is 2. The van der Waals surface area contributed by atoms with Crippen LogP contribution in [0.4, 0.5) is 11.5 Å². The molecule has 0 bridgehead atoms. The molecule has 2 saturated heterocycles. The third-order valence-corrected chi connectivity index (χ3v) is 7.48. The van der Waals surface area contributed by atoms with E-state index in [0.717, 1.165) is 49.8 Å². The summed E-state index contributed by atoms with van der Waals surface area (Å²) in [4.78, 5) is 4.71. The zero-order chi connectivity index (χ0) is 22.9. The van der Waals surface area contributed by atoms with E-state index in [0.29, 0.717) is 27.5 Å². The number of aromatic nitrogens is 4. The molecular weight excluding hydrogens is 461 g/mol. The van der Waals surface area contributed by atoms with Crippen molar-refractivity contribution >= 4 is 40.4 Å². The smallest absolute Gasteiger partial charge is 0.200 e. The van der Waals surface area contributed by atoms with Gasteiger partial charge in [0, 0.05) is 42.3 Å². The van der Waals surface area contributed by atoms with Crippen LogP contribution < -0.4 is 10.2 Å². The van der Waals surface area contributed by atoms with Crippen LogP contribution in [-0.2, 0) is 0 Å². The van der Waals surface area contributed by atoms with Crippen LogP contribution in [0.5, 0.6) is 0 Å². The van der Waals surface area contributed by atoms with Gasteiger partial charge in [-0.1, -0.05) is 29.3 Å². The fourth-order valence-electron chi connectivity index (χ4n) is 5.06. The van der Waals surface area contributed by atoms with Crippen LogP contribution in [0.1, 0.15) is 31.4 Å². The predicted molar refractivity (Wildman–Crippen MR) is 131 cm³/mol. The lowest BCUT2D eigenvalue weighted by Gasteiger charge is -2.47. The first-order valence-electron chi connectivity index (χ1n) is 11.5. The Balaban J connectivity index is 1.30. The minimum atomic E-state index is -0.0468. The maximum Gasteiger partial charge on any atom is 0.200 e. The van der Waals surface area contributed by atoms with Gasteiger partial charge in [-0.3, -0.25) is 0 Å². The molecule has 5 rings (SSSR count). The van der Waals surface area contributed by atoms with E-state index in [2.05, 4.69) is 38.3 Å². The summed E-state index contributed by atoms with van der Waals surface area (Å²) in [6.45, 7) is 7.26. The average Bonchev–Trinajstić information content (AvgIpc) is 3.22. The number of aliphatic hydroxyl groups excluding tert-OH is 1. The summed E-state index contributed by atoms with van der Waals surface area (Å²) in [5, 5.41) is 27.1. The van der Waals surface area contributed by atoms with Crippen LogP contribution in [0.15, 0.2) is 30.6 Å². The first kappa shape index (κ1) is 22.7. The number of halogens is 2. The Bertz CT molecular complexity index is 1120. The Morgan fingerprint density at radius 1 is 1.18 bits per heavy atom. The summed E-state index contributed by atoms with van der Waals surface area (Å²) in [6.07, 6.45) is 4.12. The van der Waals surface area contributed by atoms with Gasteiger partial charge < -0.3 is 20.2 Å². The summed E-state index contributed by atoms with van der Waals surface area (Å²) >= 11 is 12.5. The minimum Gasteiger partial charge on any atom is -0.395 e. The number of hydrogen-bond donors (Lipinski definition) is 2. The molecule has 0 saturated carbocycles. The number of likely N-dealkylation sites (tertiary alicyclic amines) is 1. The highest BCUT2D eigenvalue weighted by Gasteiger charge is 2.36. The molecule has 1 aromatic carbocycles. The third kappa shape index (κ3) is 4.75. The van der Waals surface area contributed by atoms with Crippen LogP contribution >= 0.6 is 23.2 Å². The van der Waals surface area contributed by atoms with Gasteiger partial charge in [-0.2, -0.15) is 4.52 Å². The molecule has 0 radical (unpaired) electrons. The van der Waals surface area contributed by atoms with E-state index in [1.165, 1.54) is 12.8 Å². The average molecular weight is 490 g/mol. The fourth-order valence-corrected chi connectivity index (χ4v) is 5.63. The van der Waals surface area contributed by atoms with E-state index in [4.69, 9.17) is 28.3 Å². The highest BCUT2D eigenvalue weighted by molar-refractivity contribution is 6.35. The van der Waals surface area contributed by atoms with Crippen molar-refractivity contribution in [2.24, 2.45) is 11.8 Å². The van der Waals surface area contributed by atoms with Crippen molar-refractivity contribution in [3.05, 3.63) is 46.2 Å². The Morgan fingerprint density at radius 2 is 2.03 bits per heavy atom. The number of rotatable bonds is 7. The Morgan fingerprint density at radius 3 is 2.82 bits per heavy atom. The number of nitrogens with zero attached hydrogens (tertiary/aromatic N) is 6. The van der Waals surface area contributed by atoms with E-state index in [1.54, 1.807) is 16.9 Å². The number of hydrogen-bond acceptors (Lipinski definition) is 7. The molecule has 3 aromatic rings. The lowest BCUT2D eigenvalue weighted by molar-refractivity contribution is 0.101. The first-order chi connectivity index (χ1) is 16.0. The van der Waals surface area contributed by atoms with Crippen LogP contribution in [0.25, 0.3) is 5.65 Å². The Hall–Kier alpha value is -2.13. The zero-order valence-electron chi connectivity index (χ0n) is 18.7. The van der Waals surface area contributed by atoms with Crippen LogP contribution in [-0.4, -0.2) is 69.1 Å². The quantitative estimate of drug-likeness (QED) is 0.522. The lowest BCUT2D eigenvalue weighted by atomic mass is 9.80. The van der Waals surface area contributed by atoms with Gasteiger partial charge in [0.25, 0.3) is 0 Å². The maximum absolute atomic E-state index is 9.27. The summed E-state index contributed by atoms with van der Waals surface area (Å²) in [6, 6.07) is 7.55. The van der Waals surface area contributed by atoms with Gasteiger partial charge in [0.2, 0.25) is 5.65 Å². The Kier molecular flexibility index (Phi) is 6.60. The largest absolute Gasteiger partial charge is 0.395 e. The summed E-state index contributed by atoms with van der Waals surface area (Å²) in [7, 11) is 0. The van der Waals surface area contributed by atoms with Gasteiger partial charge in [0.15, 0.2) is 5.82 Å². The second-order valence-corrected chi connectivity index (χ2v) is 9.98. The second-order valence-electron chi connectivity index (χ2n) is 9.14. The number of nitrogens with one attached hydrogen (secondary N) is 1. The minimum absolute atomic E-state index is 0.0468. The number of fused-ring (bicyclic) bond motifs is 1. The van der Waals surface area contributed by atoms with Crippen molar-refractivity contribution in [3.8, 4) is 0 Å². The van der Waals surface area contributed by atoms with Gasteiger partial charge in [0.05, 0.1) is 18.3 Å². The molecule has 33 heavy (non-hydrogen) atoms. The topological polar surface area (TPSA) is 81.8 Å². The van der Waals surface area contributed by atoms with Gasteiger partial charge in [-0.25, -0.2) is 0 Å². The highest BCUT2D eigenvalue weighted by atomic mass is 35.5. The molecule has 2 N–H and O–H groups in total. The van der Waals surface area contributed by atoms with Crippen LogP contribution in [0.3, 0.4) is 0 Å². The normalized spacial score (nSPS) is 20.7. The molecule has 0 amide bonds. The van der Waals surface area contributed by atoms with E-state index < -0.39 is 0 Å². The van der Waals surface area contributed by atoms with E-state index in [1.807, 2.05) is 12.1 Å². The van der Waals surface area contributed by atoms with Crippen LogP contribution in [0.2, 0.25) is 10.0 Å². The molecule has 2 aromatic heterocycles. The van der Waals surface area contributed by atoms with Gasteiger partial charge in [-0.15, -0.1) is 15.3 Å². The molecule has 0 aliphatic carbocycles. The molecule has 4 heterocycles. The lowest BCUT2D eigenvalue weighted by Crippen LogP contribution is -2.54. The summed E-state index contributed by atoms with van der Waals surface area (Å²) < 4.78 is 1.73. The third-order valence-electron chi connectivity index (χ3n) is 6.91. The number of benzene rings is 1. The second kappa shape index (κ2) is 9.62. The standard InChI is InChI=1S/C23H29Cl2N7O/c1-15(19-5-4-18(24)9-20(19)25)27-21-10-22(29-32-14-26-28-23(21)32)31-12-17(13-31)16-3-2-6-30(11-16)7-8-33/h4-5,9-10,14-17,27,33H,2-3,6-8,11-13H2,1H3/t15-,16+/m1/s1. The fraction of sp³-hybridized carbons (Fsp3) is 0.522. The number of aliphatic hydroxyl groups is 1. The van der Waals surface area contributed by atoms with E-state index in [-0.39, 0.29) is 12.6 Å². The highest BCUT2D eigenvalue weighted by Crippen LogP contribution is 2.35.